The maximum Gasteiger partial charge on any atom is 0.311 e. The molecule has 2 aromatic rings. The predicted octanol–water partition coefficient (Wildman–Crippen LogP) is 4.20. The van der Waals surface area contributed by atoms with E-state index in [1.165, 1.54) is 12.1 Å². The summed E-state index contributed by atoms with van der Waals surface area (Å²) < 4.78 is 6.27. The summed E-state index contributed by atoms with van der Waals surface area (Å²) in [7, 11) is 0. The largest absolute Gasteiger partial charge is 0.449 e. The van der Waals surface area contributed by atoms with Gasteiger partial charge in [-0.3, -0.25) is 10.1 Å². The van der Waals surface area contributed by atoms with Crippen LogP contribution < -0.4 is 4.74 Å². The van der Waals surface area contributed by atoms with Crippen LogP contribution in [0.25, 0.3) is 0 Å². The van der Waals surface area contributed by atoms with E-state index >= 15 is 0 Å². The van der Waals surface area contributed by atoms with E-state index in [0.29, 0.717) is 15.8 Å². The van der Waals surface area contributed by atoms with Crippen molar-refractivity contribution >= 4 is 21.6 Å². The van der Waals surface area contributed by atoms with Gasteiger partial charge in [-0.25, -0.2) is 0 Å². The van der Waals surface area contributed by atoms with E-state index < -0.39 is 11.0 Å². The van der Waals surface area contributed by atoms with Crippen LogP contribution in [-0.4, -0.2) is 10.0 Å². The predicted molar refractivity (Wildman–Crippen MR) is 77.9 cm³/mol. The number of aliphatic hydroxyl groups is 1. The maximum absolute atomic E-state index is 11.1. The molecule has 5 nitrogen and oxygen atoms in total. The Labute approximate surface area is 124 Å². The fraction of sp³-hybridized carbons (Fsp3) is 0.143. The monoisotopic (exact) mass is 337 g/mol. The van der Waals surface area contributed by atoms with E-state index in [1.54, 1.807) is 31.2 Å². The molecule has 20 heavy (non-hydrogen) atoms. The molecule has 6 heteroatoms. The minimum Gasteiger partial charge on any atom is -0.449 e. The number of ether oxygens (including phenoxy) is 1. The van der Waals surface area contributed by atoms with E-state index in [0.717, 1.165) is 0 Å². The number of nitro groups is 1. The summed E-state index contributed by atoms with van der Waals surface area (Å²) in [5, 5.41) is 20.6. The number of hydrogen-bond donors (Lipinski definition) is 1. The van der Waals surface area contributed by atoms with Crippen molar-refractivity contribution in [3.05, 3.63) is 62.6 Å². The molecule has 104 valence electrons. The SMILES string of the molecule is CC(O)c1ccc(Oc2ccccc2Br)c([N+](=O)[O-])c1. The summed E-state index contributed by atoms with van der Waals surface area (Å²) in [5.41, 5.74) is 0.287. The lowest BCUT2D eigenvalue weighted by atomic mass is 10.1. The molecule has 1 atom stereocenters. The smallest absolute Gasteiger partial charge is 0.311 e. The van der Waals surface area contributed by atoms with Crippen LogP contribution in [0.2, 0.25) is 0 Å². The van der Waals surface area contributed by atoms with Crippen LogP contribution in [-0.2, 0) is 0 Å². The van der Waals surface area contributed by atoms with Crippen molar-refractivity contribution in [3.8, 4) is 11.5 Å². The molecule has 1 N–H and O–H groups in total. The summed E-state index contributed by atoms with van der Waals surface area (Å²) in [6.07, 6.45) is -0.772. The van der Waals surface area contributed by atoms with Gasteiger partial charge in [0.15, 0.2) is 0 Å². The van der Waals surface area contributed by atoms with E-state index in [9.17, 15) is 15.2 Å². The Bertz CT molecular complexity index is 643. The van der Waals surface area contributed by atoms with Gasteiger partial charge in [0.1, 0.15) is 5.75 Å². The van der Waals surface area contributed by atoms with Gasteiger partial charge < -0.3 is 9.84 Å². The van der Waals surface area contributed by atoms with Gasteiger partial charge in [0.2, 0.25) is 5.75 Å². The first-order chi connectivity index (χ1) is 9.49. The Morgan fingerprint density at radius 3 is 2.55 bits per heavy atom. The molecule has 0 spiro atoms. The highest BCUT2D eigenvalue weighted by atomic mass is 79.9. The topological polar surface area (TPSA) is 72.6 Å². The minimum atomic E-state index is -0.772. The summed E-state index contributed by atoms with van der Waals surface area (Å²) in [6.45, 7) is 1.55. The first-order valence-corrected chi connectivity index (χ1v) is 6.67. The fourth-order valence-electron chi connectivity index (χ4n) is 1.67. The Morgan fingerprint density at radius 1 is 1.25 bits per heavy atom. The lowest BCUT2D eigenvalue weighted by molar-refractivity contribution is -0.385. The molecule has 0 saturated carbocycles. The van der Waals surface area contributed by atoms with Gasteiger partial charge in [-0.15, -0.1) is 0 Å². The fourth-order valence-corrected chi connectivity index (χ4v) is 2.03. The molecule has 0 radical (unpaired) electrons. The summed E-state index contributed by atoms with van der Waals surface area (Å²) in [4.78, 5) is 10.6. The molecule has 0 amide bonds. The van der Waals surface area contributed by atoms with Crippen LogP contribution in [0.15, 0.2) is 46.9 Å². The third-order valence-corrected chi connectivity index (χ3v) is 3.37. The summed E-state index contributed by atoms with van der Waals surface area (Å²) in [6, 6.07) is 11.5. The van der Waals surface area contributed by atoms with Gasteiger partial charge in [0.05, 0.1) is 15.5 Å². The Morgan fingerprint density at radius 2 is 1.95 bits per heavy atom. The average Bonchev–Trinajstić information content (AvgIpc) is 2.41. The highest BCUT2D eigenvalue weighted by molar-refractivity contribution is 9.10. The zero-order valence-corrected chi connectivity index (χ0v) is 12.2. The van der Waals surface area contributed by atoms with Crippen molar-refractivity contribution in [1.29, 1.82) is 0 Å². The Kier molecular flexibility index (Phi) is 4.36. The molecular weight excluding hydrogens is 326 g/mol. The molecular formula is C14H12BrNO4. The molecule has 0 aromatic heterocycles. The van der Waals surface area contributed by atoms with Crippen LogP contribution in [0.3, 0.4) is 0 Å². The lowest BCUT2D eigenvalue weighted by Crippen LogP contribution is -1.97. The van der Waals surface area contributed by atoms with Crippen molar-refractivity contribution < 1.29 is 14.8 Å². The quantitative estimate of drug-likeness (QED) is 0.670. The number of aliphatic hydroxyl groups excluding tert-OH is 1. The van der Waals surface area contributed by atoms with Gasteiger partial charge in [-0.05, 0) is 46.6 Å². The van der Waals surface area contributed by atoms with Gasteiger partial charge in [0, 0.05) is 6.07 Å². The first kappa shape index (κ1) is 14.5. The standard InChI is InChI=1S/C14H12BrNO4/c1-9(17)10-6-7-14(12(8-10)16(18)19)20-13-5-3-2-4-11(13)15/h2-9,17H,1H3. The van der Waals surface area contributed by atoms with Crippen molar-refractivity contribution in [1.82, 2.24) is 0 Å². The zero-order valence-electron chi connectivity index (χ0n) is 10.6. The molecule has 2 aromatic carbocycles. The van der Waals surface area contributed by atoms with Crippen LogP contribution >= 0.6 is 15.9 Å². The summed E-state index contributed by atoms with van der Waals surface area (Å²) in [5.74, 6) is 0.617. The highest BCUT2D eigenvalue weighted by Crippen LogP contribution is 2.36. The second kappa shape index (κ2) is 6.02. The highest BCUT2D eigenvalue weighted by Gasteiger charge is 2.18. The van der Waals surface area contributed by atoms with Crippen molar-refractivity contribution in [2.75, 3.05) is 0 Å². The lowest BCUT2D eigenvalue weighted by Gasteiger charge is -2.10. The number of para-hydroxylation sites is 1. The molecule has 0 saturated heterocycles. The molecule has 0 heterocycles. The van der Waals surface area contributed by atoms with E-state index in [4.69, 9.17) is 4.74 Å². The molecule has 0 aliphatic rings. The van der Waals surface area contributed by atoms with E-state index in [1.807, 2.05) is 6.07 Å². The van der Waals surface area contributed by atoms with E-state index in [-0.39, 0.29) is 11.4 Å². The number of benzene rings is 2. The number of halogens is 1. The van der Waals surface area contributed by atoms with E-state index in [2.05, 4.69) is 15.9 Å². The molecule has 0 aliphatic carbocycles. The third kappa shape index (κ3) is 3.15. The number of nitro benzene ring substituents is 1. The average molecular weight is 338 g/mol. The number of rotatable bonds is 4. The molecule has 2 rings (SSSR count). The van der Waals surface area contributed by atoms with Crippen LogP contribution in [0.1, 0.15) is 18.6 Å². The Hall–Kier alpha value is -1.92. The van der Waals surface area contributed by atoms with Crippen molar-refractivity contribution in [2.24, 2.45) is 0 Å². The summed E-state index contributed by atoms with van der Waals surface area (Å²) >= 11 is 3.32. The van der Waals surface area contributed by atoms with Gasteiger partial charge in [-0.1, -0.05) is 18.2 Å². The molecule has 1 unspecified atom stereocenters. The minimum absolute atomic E-state index is 0.131. The third-order valence-electron chi connectivity index (χ3n) is 2.72. The first-order valence-electron chi connectivity index (χ1n) is 5.88. The number of hydrogen-bond acceptors (Lipinski definition) is 4. The van der Waals surface area contributed by atoms with Crippen LogP contribution in [0, 0.1) is 10.1 Å². The molecule has 0 fully saturated rings. The van der Waals surface area contributed by atoms with Crippen molar-refractivity contribution in [3.63, 3.8) is 0 Å². The normalized spacial score (nSPS) is 11.9. The zero-order chi connectivity index (χ0) is 14.7. The maximum atomic E-state index is 11.1. The molecule has 0 bridgehead atoms. The second-order valence-electron chi connectivity index (χ2n) is 4.19. The molecule has 0 aliphatic heterocycles. The van der Waals surface area contributed by atoms with Crippen LogP contribution in [0.4, 0.5) is 5.69 Å². The van der Waals surface area contributed by atoms with Crippen molar-refractivity contribution in [2.45, 2.75) is 13.0 Å². The van der Waals surface area contributed by atoms with Gasteiger partial charge in [-0.2, -0.15) is 0 Å². The van der Waals surface area contributed by atoms with Gasteiger partial charge in [0.25, 0.3) is 0 Å². The van der Waals surface area contributed by atoms with Crippen LogP contribution in [0.5, 0.6) is 11.5 Å². The number of nitrogens with zero attached hydrogens (tertiary/aromatic N) is 1. The van der Waals surface area contributed by atoms with Gasteiger partial charge >= 0.3 is 5.69 Å². The second-order valence-corrected chi connectivity index (χ2v) is 5.05. The Balaban J connectivity index is 2.41.